The lowest BCUT2D eigenvalue weighted by Crippen LogP contribution is -1.93. The van der Waals surface area contributed by atoms with Crippen molar-refractivity contribution >= 4 is 11.2 Å². The van der Waals surface area contributed by atoms with Crippen LogP contribution in [0.4, 0.5) is 0 Å². The molecule has 0 aromatic carbocycles. The fraction of sp³-hybridized carbons (Fsp3) is 0.231. The second kappa shape index (κ2) is 4.18. The van der Waals surface area contributed by atoms with Gasteiger partial charge in [-0.05, 0) is 26.0 Å². The van der Waals surface area contributed by atoms with Crippen molar-refractivity contribution in [2.45, 2.75) is 13.8 Å². The quantitative estimate of drug-likeness (QED) is 0.768. The molecule has 5 heteroatoms. The number of imidazole rings is 1. The first kappa shape index (κ1) is 10.8. The van der Waals surface area contributed by atoms with Gasteiger partial charge >= 0.3 is 0 Å². The lowest BCUT2D eigenvalue weighted by Gasteiger charge is -1.99. The van der Waals surface area contributed by atoms with Crippen LogP contribution in [0.2, 0.25) is 0 Å². The van der Waals surface area contributed by atoms with Gasteiger partial charge in [-0.25, -0.2) is 4.98 Å². The molecule has 3 aromatic rings. The van der Waals surface area contributed by atoms with Crippen LogP contribution in [-0.2, 0) is 0 Å². The van der Waals surface area contributed by atoms with E-state index in [-0.39, 0.29) is 0 Å². The Kier molecular flexibility index (Phi) is 2.51. The highest BCUT2D eigenvalue weighted by atomic mass is 16.5. The van der Waals surface area contributed by atoms with E-state index in [4.69, 9.17) is 9.15 Å². The first-order valence-corrected chi connectivity index (χ1v) is 5.81. The third kappa shape index (κ3) is 1.84. The van der Waals surface area contributed by atoms with Gasteiger partial charge in [0.2, 0.25) is 5.88 Å². The standard InChI is InChI=1S/C13H13N3O2/c1-3-17-11-5-4-10-13(15-11)16-12(14-10)9-6-8(2)18-7-9/h4-7H,3H2,1-2H3,(H,14,15,16). The van der Waals surface area contributed by atoms with Crippen molar-refractivity contribution in [1.82, 2.24) is 15.0 Å². The van der Waals surface area contributed by atoms with Crippen LogP contribution < -0.4 is 4.74 Å². The van der Waals surface area contributed by atoms with Gasteiger partial charge in [-0.3, -0.25) is 0 Å². The van der Waals surface area contributed by atoms with Crippen LogP contribution in [0.25, 0.3) is 22.6 Å². The van der Waals surface area contributed by atoms with E-state index in [0.29, 0.717) is 18.1 Å². The van der Waals surface area contributed by atoms with Crippen molar-refractivity contribution in [2.24, 2.45) is 0 Å². The molecule has 0 bridgehead atoms. The number of aromatic nitrogens is 3. The van der Waals surface area contributed by atoms with Crippen LogP contribution in [-0.4, -0.2) is 21.6 Å². The Labute approximate surface area is 104 Å². The molecule has 0 amide bonds. The van der Waals surface area contributed by atoms with E-state index in [2.05, 4.69) is 15.0 Å². The molecule has 0 unspecified atom stereocenters. The van der Waals surface area contributed by atoms with Crippen molar-refractivity contribution in [3.05, 3.63) is 30.2 Å². The molecular formula is C13H13N3O2. The van der Waals surface area contributed by atoms with Crippen LogP contribution in [0.5, 0.6) is 5.88 Å². The van der Waals surface area contributed by atoms with Gasteiger partial charge in [-0.1, -0.05) is 0 Å². The van der Waals surface area contributed by atoms with Crippen molar-refractivity contribution in [3.63, 3.8) is 0 Å². The number of fused-ring (bicyclic) bond motifs is 1. The molecule has 0 saturated heterocycles. The fourth-order valence-electron chi connectivity index (χ4n) is 1.81. The van der Waals surface area contributed by atoms with E-state index in [1.165, 1.54) is 0 Å². The Morgan fingerprint density at radius 3 is 2.94 bits per heavy atom. The van der Waals surface area contributed by atoms with Crippen LogP contribution >= 0.6 is 0 Å². The smallest absolute Gasteiger partial charge is 0.215 e. The number of hydrogen-bond donors (Lipinski definition) is 1. The highest BCUT2D eigenvalue weighted by molar-refractivity contribution is 5.76. The molecule has 0 aliphatic heterocycles. The van der Waals surface area contributed by atoms with Crippen LogP contribution in [0.1, 0.15) is 12.7 Å². The van der Waals surface area contributed by atoms with Gasteiger partial charge in [0.05, 0.1) is 17.7 Å². The Hall–Kier alpha value is -2.30. The molecule has 0 aliphatic carbocycles. The van der Waals surface area contributed by atoms with Crippen molar-refractivity contribution < 1.29 is 9.15 Å². The van der Waals surface area contributed by atoms with Gasteiger partial charge in [0.1, 0.15) is 17.8 Å². The average Bonchev–Trinajstić information content (AvgIpc) is 2.94. The number of aromatic amines is 1. The molecule has 0 radical (unpaired) electrons. The van der Waals surface area contributed by atoms with Crippen molar-refractivity contribution in [3.8, 4) is 17.3 Å². The normalized spacial score (nSPS) is 11.0. The number of ether oxygens (including phenoxy) is 1. The Morgan fingerprint density at radius 2 is 2.22 bits per heavy atom. The molecule has 0 fully saturated rings. The maximum atomic E-state index is 5.35. The second-order valence-electron chi connectivity index (χ2n) is 3.99. The van der Waals surface area contributed by atoms with Gasteiger partial charge in [0.25, 0.3) is 0 Å². The van der Waals surface area contributed by atoms with Crippen molar-refractivity contribution in [2.75, 3.05) is 6.61 Å². The largest absolute Gasteiger partial charge is 0.478 e. The minimum absolute atomic E-state index is 0.589. The highest BCUT2D eigenvalue weighted by Gasteiger charge is 2.09. The van der Waals surface area contributed by atoms with Crippen LogP contribution in [0, 0.1) is 6.92 Å². The molecule has 0 saturated carbocycles. The summed E-state index contributed by atoms with van der Waals surface area (Å²) in [5, 5.41) is 0. The molecule has 5 nitrogen and oxygen atoms in total. The number of H-pyrrole nitrogens is 1. The average molecular weight is 243 g/mol. The SMILES string of the molecule is CCOc1ccc2[nH]c(-c3coc(C)c3)nc2n1. The van der Waals surface area contributed by atoms with E-state index in [1.54, 1.807) is 6.26 Å². The van der Waals surface area contributed by atoms with Crippen LogP contribution in [0.15, 0.2) is 28.9 Å². The highest BCUT2D eigenvalue weighted by Crippen LogP contribution is 2.22. The van der Waals surface area contributed by atoms with E-state index < -0.39 is 0 Å². The number of pyridine rings is 1. The summed E-state index contributed by atoms with van der Waals surface area (Å²) in [5.74, 6) is 2.20. The maximum Gasteiger partial charge on any atom is 0.215 e. The number of rotatable bonds is 3. The molecule has 18 heavy (non-hydrogen) atoms. The summed E-state index contributed by atoms with van der Waals surface area (Å²) in [5.41, 5.74) is 2.45. The lowest BCUT2D eigenvalue weighted by molar-refractivity contribution is 0.328. The van der Waals surface area contributed by atoms with E-state index in [9.17, 15) is 0 Å². The lowest BCUT2D eigenvalue weighted by atomic mass is 10.3. The third-order valence-corrected chi connectivity index (χ3v) is 2.62. The molecule has 3 heterocycles. The third-order valence-electron chi connectivity index (χ3n) is 2.62. The summed E-state index contributed by atoms with van der Waals surface area (Å²) in [4.78, 5) is 12.0. The zero-order valence-electron chi connectivity index (χ0n) is 10.2. The summed E-state index contributed by atoms with van der Waals surface area (Å²) in [6, 6.07) is 5.67. The second-order valence-corrected chi connectivity index (χ2v) is 3.99. The number of nitrogens with zero attached hydrogens (tertiary/aromatic N) is 2. The summed E-state index contributed by atoms with van der Waals surface area (Å²) in [7, 11) is 0. The monoisotopic (exact) mass is 243 g/mol. The number of hydrogen-bond acceptors (Lipinski definition) is 4. The maximum absolute atomic E-state index is 5.35. The minimum Gasteiger partial charge on any atom is -0.478 e. The zero-order chi connectivity index (χ0) is 12.5. The molecule has 0 spiro atoms. The Morgan fingerprint density at radius 1 is 1.33 bits per heavy atom. The van der Waals surface area contributed by atoms with Gasteiger partial charge in [-0.2, -0.15) is 4.98 Å². The number of nitrogens with one attached hydrogen (secondary N) is 1. The van der Waals surface area contributed by atoms with Crippen LogP contribution in [0.3, 0.4) is 0 Å². The molecule has 0 aliphatic rings. The number of furan rings is 1. The predicted molar refractivity (Wildman–Crippen MR) is 67.5 cm³/mol. The van der Waals surface area contributed by atoms with Gasteiger partial charge in [0.15, 0.2) is 5.65 Å². The Balaban J connectivity index is 2.05. The van der Waals surface area contributed by atoms with E-state index in [1.807, 2.05) is 32.0 Å². The summed E-state index contributed by atoms with van der Waals surface area (Å²) >= 11 is 0. The fourth-order valence-corrected chi connectivity index (χ4v) is 1.81. The van der Waals surface area contributed by atoms with E-state index >= 15 is 0 Å². The summed E-state index contributed by atoms with van der Waals surface area (Å²) < 4.78 is 10.6. The van der Waals surface area contributed by atoms with Crippen molar-refractivity contribution in [1.29, 1.82) is 0 Å². The predicted octanol–water partition coefficient (Wildman–Crippen LogP) is 2.93. The van der Waals surface area contributed by atoms with E-state index in [0.717, 1.165) is 22.7 Å². The summed E-state index contributed by atoms with van der Waals surface area (Å²) in [6.45, 7) is 4.42. The summed E-state index contributed by atoms with van der Waals surface area (Å²) in [6.07, 6.45) is 1.68. The first-order chi connectivity index (χ1) is 8.76. The minimum atomic E-state index is 0.589. The molecule has 3 rings (SSSR count). The molecule has 0 atom stereocenters. The first-order valence-electron chi connectivity index (χ1n) is 5.81. The molecule has 92 valence electrons. The van der Waals surface area contributed by atoms with Gasteiger partial charge in [0, 0.05) is 6.07 Å². The number of aryl methyl sites for hydroxylation is 1. The molecule has 1 N–H and O–H groups in total. The Bertz CT molecular complexity index is 684. The molecule has 3 aromatic heterocycles. The molecular weight excluding hydrogens is 230 g/mol. The zero-order valence-corrected chi connectivity index (χ0v) is 10.2. The van der Waals surface area contributed by atoms with Gasteiger partial charge < -0.3 is 14.1 Å². The topological polar surface area (TPSA) is 63.9 Å². The van der Waals surface area contributed by atoms with Gasteiger partial charge in [-0.15, -0.1) is 0 Å².